The number of ether oxygens (including phenoxy) is 2. The summed E-state index contributed by atoms with van der Waals surface area (Å²) in [5, 5.41) is 8.61. The van der Waals surface area contributed by atoms with E-state index in [1.165, 1.54) is 6.92 Å². The van der Waals surface area contributed by atoms with Crippen LogP contribution in [0, 0.1) is 0 Å². The molecule has 15 heavy (non-hydrogen) atoms. The van der Waals surface area contributed by atoms with E-state index >= 15 is 0 Å². The molecular formula is C11H14O4. The smallest absolute Gasteiger partial charge is 0.332 e. The van der Waals surface area contributed by atoms with Crippen LogP contribution in [0.5, 0.6) is 5.75 Å². The molecule has 0 saturated carbocycles. The van der Waals surface area contributed by atoms with Gasteiger partial charge in [0.25, 0.3) is 0 Å². The molecule has 0 amide bonds. The summed E-state index contributed by atoms with van der Waals surface area (Å²) < 4.78 is 10.2. The maximum Gasteiger partial charge on any atom is 0.332 e. The summed E-state index contributed by atoms with van der Waals surface area (Å²) in [6.07, 6.45) is -0.795. The summed E-state index contributed by atoms with van der Waals surface area (Å²) in [6, 6.07) is 7.33. The molecule has 0 fully saturated rings. The van der Waals surface area contributed by atoms with E-state index in [1.807, 2.05) is 24.3 Å². The van der Waals surface area contributed by atoms with E-state index in [4.69, 9.17) is 14.6 Å². The maximum atomic E-state index is 10.5. The lowest BCUT2D eigenvalue weighted by molar-refractivity contribution is -0.149. The van der Waals surface area contributed by atoms with Gasteiger partial charge in [-0.3, -0.25) is 0 Å². The lowest BCUT2D eigenvalue weighted by Crippen LogP contribution is -2.19. The van der Waals surface area contributed by atoms with Crippen molar-refractivity contribution in [2.24, 2.45) is 0 Å². The number of rotatable bonds is 5. The zero-order valence-corrected chi connectivity index (χ0v) is 8.77. The minimum atomic E-state index is -0.960. The Morgan fingerprint density at radius 1 is 1.53 bits per heavy atom. The van der Waals surface area contributed by atoms with Crippen molar-refractivity contribution in [3.63, 3.8) is 0 Å². The van der Waals surface area contributed by atoms with Crippen molar-refractivity contribution in [3.8, 4) is 5.75 Å². The molecule has 4 heteroatoms. The summed E-state index contributed by atoms with van der Waals surface area (Å²) in [4.78, 5) is 10.5. The van der Waals surface area contributed by atoms with Crippen molar-refractivity contribution >= 4 is 5.97 Å². The van der Waals surface area contributed by atoms with Crippen molar-refractivity contribution in [2.45, 2.75) is 19.6 Å². The van der Waals surface area contributed by atoms with Gasteiger partial charge in [0, 0.05) is 0 Å². The Morgan fingerprint density at radius 2 is 2.27 bits per heavy atom. The van der Waals surface area contributed by atoms with Crippen LogP contribution >= 0.6 is 0 Å². The molecule has 0 spiro atoms. The topological polar surface area (TPSA) is 55.8 Å². The number of carbonyl (C=O) groups is 1. The summed E-state index contributed by atoms with van der Waals surface area (Å²) >= 11 is 0. The van der Waals surface area contributed by atoms with Crippen LogP contribution in [0.2, 0.25) is 0 Å². The number of carboxylic acids is 1. The van der Waals surface area contributed by atoms with Gasteiger partial charge in [0.15, 0.2) is 6.10 Å². The number of benzene rings is 1. The Labute approximate surface area is 88.4 Å². The van der Waals surface area contributed by atoms with Crippen molar-refractivity contribution in [2.75, 3.05) is 7.11 Å². The van der Waals surface area contributed by atoms with Crippen molar-refractivity contribution in [3.05, 3.63) is 29.8 Å². The second-order valence-corrected chi connectivity index (χ2v) is 3.14. The van der Waals surface area contributed by atoms with E-state index in [0.717, 1.165) is 11.3 Å². The summed E-state index contributed by atoms with van der Waals surface area (Å²) in [5.74, 6) is -0.225. The van der Waals surface area contributed by atoms with Gasteiger partial charge in [-0.2, -0.15) is 0 Å². The third-order valence-corrected chi connectivity index (χ3v) is 1.98. The quantitative estimate of drug-likeness (QED) is 0.803. The van der Waals surface area contributed by atoms with Crippen molar-refractivity contribution in [1.29, 1.82) is 0 Å². The van der Waals surface area contributed by atoms with Gasteiger partial charge >= 0.3 is 5.97 Å². The molecule has 0 unspecified atom stereocenters. The van der Waals surface area contributed by atoms with Crippen LogP contribution in [0.1, 0.15) is 12.5 Å². The predicted molar refractivity (Wildman–Crippen MR) is 54.9 cm³/mol. The molecule has 82 valence electrons. The Kier molecular flexibility index (Phi) is 4.12. The highest BCUT2D eigenvalue weighted by molar-refractivity contribution is 5.71. The van der Waals surface area contributed by atoms with Gasteiger partial charge in [-0.25, -0.2) is 4.79 Å². The standard InChI is InChI=1S/C11H14O4/c1-8(11(12)13)15-7-9-4-3-5-10(6-9)14-2/h3-6,8H,7H2,1-2H3,(H,12,13)/t8-/m1/s1. The number of hydrogen-bond acceptors (Lipinski definition) is 3. The fraction of sp³-hybridized carbons (Fsp3) is 0.364. The molecule has 1 atom stereocenters. The van der Waals surface area contributed by atoms with E-state index in [-0.39, 0.29) is 6.61 Å². The van der Waals surface area contributed by atoms with E-state index in [2.05, 4.69) is 0 Å². The van der Waals surface area contributed by atoms with Gasteiger partial charge in [-0.05, 0) is 24.6 Å². The molecular weight excluding hydrogens is 196 g/mol. The molecule has 0 aliphatic rings. The summed E-state index contributed by atoms with van der Waals surface area (Å²) in [5.41, 5.74) is 0.891. The van der Waals surface area contributed by atoms with Crippen molar-refractivity contribution in [1.82, 2.24) is 0 Å². The second kappa shape index (κ2) is 5.36. The number of carboxylic acid groups (broad SMARTS) is 1. The first kappa shape index (κ1) is 11.5. The van der Waals surface area contributed by atoms with Crippen molar-refractivity contribution < 1.29 is 19.4 Å². The molecule has 4 nitrogen and oxygen atoms in total. The molecule has 1 rings (SSSR count). The monoisotopic (exact) mass is 210 g/mol. The van der Waals surface area contributed by atoms with Crippen LogP contribution in [-0.2, 0) is 16.1 Å². The Bertz CT molecular complexity index is 335. The molecule has 0 radical (unpaired) electrons. The lowest BCUT2D eigenvalue weighted by Gasteiger charge is -2.09. The fourth-order valence-electron chi connectivity index (χ4n) is 1.05. The molecule has 1 N–H and O–H groups in total. The van der Waals surface area contributed by atoms with E-state index in [9.17, 15) is 4.79 Å². The second-order valence-electron chi connectivity index (χ2n) is 3.14. The first-order chi connectivity index (χ1) is 7.13. The highest BCUT2D eigenvalue weighted by atomic mass is 16.5. The lowest BCUT2D eigenvalue weighted by atomic mass is 10.2. The van der Waals surface area contributed by atoms with Gasteiger partial charge < -0.3 is 14.6 Å². The Morgan fingerprint density at radius 3 is 2.87 bits per heavy atom. The predicted octanol–water partition coefficient (Wildman–Crippen LogP) is 1.68. The van der Waals surface area contributed by atoms with Gasteiger partial charge in [0.05, 0.1) is 13.7 Å². The highest BCUT2D eigenvalue weighted by Gasteiger charge is 2.10. The largest absolute Gasteiger partial charge is 0.497 e. The molecule has 0 aliphatic heterocycles. The third kappa shape index (κ3) is 3.59. The minimum Gasteiger partial charge on any atom is -0.497 e. The number of methoxy groups -OCH3 is 1. The number of aliphatic carboxylic acids is 1. The SMILES string of the molecule is COc1cccc(CO[C@H](C)C(=O)O)c1. The maximum absolute atomic E-state index is 10.5. The summed E-state index contributed by atoms with van der Waals surface area (Å²) in [7, 11) is 1.58. The van der Waals surface area contributed by atoms with Gasteiger partial charge in [-0.1, -0.05) is 12.1 Å². The highest BCUT2D eigenvalue weighted by Crippen LogP contribution is 2.13. The van der Waals surface area contributed by atoms with Crippen LogP contribution in [0.15, 0.2) is 24.3 Å². The van der Waals surface area contributed by atoms with Gasteiger partial charge in [0.1, 0.15) is 5.75 Å². The number of hydrogen-bond donors (Lipinski definition) is 1. The van der Waals surface area contributed by atoms with Crippen LogP contribution in [0.4, 0.5) is 0 Å². The fourth-order valence-corrected chi connectivity index (χ4v) is 1.05. The first-order valence-corrected chi connectivity index (χ1v) is 4.61. The van der Waals surface area contributed by atoms with Gasteiger partial charge in [0.2, 0.25) is 0 Å². The zero-order valence-electron chi connectivity index (χ0n) is 8.77. The summed E-state index contributed by atoms with van der Waals surface area (Å²) in [6.45, 7) is 1.77. The molecule has 0 aliphatic carbocycles. The molecule has 0 aromatic heterocycles. The zero-order chi connectivity index (χ0) is 11.3. The Balaban J connectivity index is 2.53. The van der Waals surface area contributed by atoms with Crippen LogP contribution in [-0.4, -0.2) is 24.3 Å². The van der Waals surface area contributed by atoms with E-state index in [0.29, 0.717) is 0 Å². The molecule has 0 saturated heterocycles. The first-order valence-electron chi connectivity index (χ1n) is 4.61. The average molecular weight is 210 g/mol. The normalized spacial score (nSPS) is 12.1. The Hall–Kier alpha value is -1.55. The van der Waals surface area contributed by atoms with Crippen LogP contribution in [0.3, 0.4) is 0 Å². The molecule has 0 bridgehead atoms. The minimum absolute atomic E-state index is 0.269. The van der Waals surface area contributed by atoms with Crippen LogP contribution in [0.25, 0.3) is 0 Å². The van der Waals surface area contributed by atoms with Gasteiger partial charge in [-0.15, -0.1) is 0 Å². The van der Waals surface area contributed by atoms with E-state index in [1.54, 1.807) is 7.11 Å². The van der Waals surface area contributed by atoms with E-state index < -0.39 is 12.1 Å². The molecule has 1 aromatic rings. The molecule has 0 heterocycles. The van der Waals surface area contributed by atoms with Crippen LogP contribution < -0.4 is 4.74 Å². The molecule has 1 aromatic carbocycles. The third-order valence-electron chi connectivity index (χ3n) is 1.98. The average Bonchev–Trinajstić information content (AvgIpc) is 2.26.